The molecule has 2 bridgehead atoms. The maximum absolute atomic E-state index is 13.4. The van der Waals surface area contributed by atoms with E-state index in [2.05, 4.69) is 5.32 Å². The standard InChI is InChI=1S/C26H27N3O5S/c1-2-34-22-10-6-19(7-11-22)26(31)27-21-8-12-23(13-9-21)35(32,33)28-15-18-14-20(17-28)24-4-3-5-25(30)29(24)16-18/h3-13,18,20H,2,14-17H2,1H3,(H,27,31)/t18-,20+/m0/s1. The summed E-state index contributed by atoms with van der Waals surface area (Å²) in [6.07, 6.45) is 0.881. The first-order valence-electron chi connectivity index (χ1n) is 11.7. The van der Waals surface area contributed by atoms with Crippen molar-refractivity contribution in [2.24, 2.45) is 5.92 Å². The summed E-state index contributed by atoms with van der Waals surface area (Å²) in [5, 5.41) is 2.80. The number of sulfonamides is 1. The first-order valence-corrected chi connectivity index (χ1v) is 13.1. The molecule has 3 heterocycles. The van der Waals surface area contributed by atoms with E-state index in [1.807, 2.05) is 13.0 Å². The summed E-state index contributed by atoms with van der Waals surface area (Å²) in [4.78, 5) is 25.0. The summed E-state index contributed by atoms with van der Waals surface area (Å²) in [7, 11) is -3.71. The number of amides is 1. The van der Waals surface area contributed by atoms with Crippen LogP contribution in [0.25, 0.3) is 0 Å². The van der Waals surface area contributed by atoms with Gasteiger partial charge in [-0.3, -0.25) is 9.59 Å². The molecule has 182 valence electrons. The molecule has 0 unspecified atom stereocenters. The van der Waals surface area contributed by atoms with Crippen LogP contribution in [-0.2, 0) is 16.6 Å². The fourth-order valence-corrected chi connectivity index (χ4v) is 6.54. The lowest BCUT2D eigenvalue weighted by atomic mass is 9.84. The number of hydrogen-bond acceptors (Lipinski definition) is 5. The molecule has 2 aliphatic rings. The topological polar surface area (TPSA) is 97.7 Å². The monoisotopic (exact) mass is 493 g/mol. The average molecular weight is 494 g/mol. The van der Waals surface area contributed by atoms with E-state index in [0.29, 0.717) is 43.2 Å². The third-order valence-electron chi connectivity index (χ3n) is 6.62. The zero-order chi connectivity index (χ0) is 24.6. The van der Waals surface area contributed by atoms with Crippen molar-refractivity contribution >= 4 is 21.6 Å². The van der Waals surface area contributed by atoms with Crippen LogP contribution in [0.3, 0.4) is 0 Å². The second kappa shape index (κ2) is 9.31. The van der Waals surface area contributed by atoms with Gasteiger partial charge in [0.2, 0.25) is 10.0 Å². The predicted molar refractivity (Wildman–Crippen MR) is 132 cm³/mol. The molecule has 2 atom stereocenters. The van der Waals surface area contributed by atoms with Gasteiger partial charge in [-0.15, -0.1) is 0 Å². The fraction of sp³-hybridized carbons (Fsp3) is 0.308. The number of carbonyl (C=O) groups is 1. The van der Waals surface area contributed by atoms with Gasteiger partial charge in [-0.25, -0.2) is 8.42 Å². The van der Waals surface area contributed by atoms with Gasteiger partial charge in [0.05, 0.1) is 11.5 Å². The summed E-state index contributed by atoms with van der Waals surface area (Å²) in [5.41, 5.74) is 1.86. The summed E-state index contributed by atoms with van der Waals surface area (Å²) in [6, 6.07) is 18.3. The molecule has 1 aromatic heterocycles. The summed E-state index contributed by atoms with van der Waals surface area (Å²) < 4.78 is 35.5. The van der Waals surface area contributed by atoms with Gasteiger partial charge in [-0.1, -0.05) is 6.07 Å². The van der Waals surface area contributed by atoms with Gasteiger partial charge in [0.1, 0.15) is 5.75 Å². The molecule has 0 saturated carbocycles. The van der Waals surface area contributed by atoms with Crippen molar-refractivity contribution in [1.82, 2.24) is 8.87 Å². The third-order valence-corrected chi connectivity index (χ3v) is 8.47. The Morgan fingerprint density at radius 3 is 2.46 bits per heavy atom. The van der Waals surface area contributed by atoms with E-state index in [1.165, 1.54) is 16.4 Å². The van der Waals surface area contributed by atoms with E-state index in [-0.39, 0.29) is 28.2 Å². The van der Waals surface area contributed by atoms with Crippen molar-refractivity contribution < 1.29 is 17.9 Å². The molecule has 1 N–H and O–H groups in total. The molecule has 9 heteroatoms. The van der Waals surface area contributed by atoms with Crippen molar-refractivity contribution in [2.45, 2.75) is 30.7 Å². The number of pyridine rings is 1. The van der Waals surface area contributed by atoms with Crippen LogP contribution in [0.5, 0.6) is 5.75 Å². The maximum Gasteiger partial charge on any atom is 0.255 e. The molecule has 35 heavy (non-hydrogen) atoms. The quantitative estimate of drug-likeness (QED) is 0.568. The Morgan fingerprint density at radius 1 is 1.00 bits per heavy atom. The Morgan fingerprint density at radius 2 is 1.74 bits per heavy atom. The molecule has 2 aromatic carbocycles. The number of anilines is 1. The van der Waals surface area contributed by atoms with E-state index in [4.69, 9.17) is 4.74 Å². The van der Waals surface area contributed by atoms with Crippen molar-refractivity contribution in [3.63, 3.8) is 0 Å². The van der Waals surface area contributed by atoms with Gasteiger partial charge in [0.25, 0.3) is 11.5 Å². The van der Waals surface area contributed by atoms with Crippen LogP contribution in [0.15, 0.2) is 76.4 Å². The molecule has 0 aliphatic carbocycles. The van der Waals surface area contributed by atoms with Crippen LogP contribution in [0.2, 0.25) is 0 Å². The molecular weight excluding hydrogens is 466 g/mol. The lowest BCUT2D eigenvalue weighted by molar-refractivity contribution is 0.102. The van der Waals surface area contributed by atoms with Crippen LogP contribution < -0.4 is 15.6 Å². The number of hydrogen-bond donors (Lipinski definition) is 1. The van der Waals surface area contributed by atoms with E-state index in [0.717, 1.165) is 12.1 Å². The van der Waals surface area contributed by atoms with Gasteiger partial charge in [-0.05, 0) is 73.9 Å². The zero-order valence-electron chi connectivity index (χ0n) is 19.4. The van der Waals surface area contributed by atoms with Gasteiger partial charge in [0.15, 0.2) is 0 Å². The van der Waals surface area contributed by atoms with Crippen LogP contribution in [0.4, 0.5) is 5.69 Å². The molecular formula is C26H27N3O5S. The highest BCUT2D eigenvalue weighted by Gasteiger charge is 2.39. The number of nitrogens with one attached hydrogen (secondary N) is 1. The highest BCUT2D eigenvalue weighted by atomic mass is 32.2. The largest absolute Gasteiger partial charge is 0.494 e. The molecule has 0 radical (unpaired) electrons. The van der Waals surface area contributed by atoms with Crippen LogP contribution >= 0.6 is 0 Å². The number of piperidine rings is 1. The van der Waals surface area contributed by atoms with E-state index in [1.54, 1.807) is 53.1 Å². The number of rotatable bonds is 6. The highest BCUT2D eigenvalue weighted by Crippen LogP contribution is 2.37. The minimum absolute atomic E-state index is 0.00106. The van der Waals surface area contributed by atoms with Crippen LogP contribution in [-0.4, -0.2) is 42.9 Å². The average Bonchev–Trinajstić information content (AvgIpc) is 2.85. The van der Waals surface area contributed by atoms with Gasteiger partial charge >= 0.3 is 0 Å². The van der Waals surface area contributed by atoms with Crippen LogP contribution in [0, 0.1) is 5.92 Å². The Balaban J connectivity index is 1.29. The Labute approximate surface area is 204 Å². The summed E-state index contributed by atoms with van der Waals surface area (Å²) in [6.45, 7) is 3.71. The van der Waals surface area contributed by atoms with E-state index < -0.39 is 10.0 Å². The second-order valence-electron chi connectivity index (χ2n) is 8.96. The number of carbonyl (C=O) groups excluding carboxylic acids is 1. The molecule has 2 aliphatic heterocycles. The zero-order valence-corrected chi connectivity index (χ0v) is 20.2. The molecule has 1 saturated heterocycles. The fourth-order valence-electron chi connectivity index (χ4n) is 4.98. The number of nitrogens with zero attached hydrogens (tertiary/aromatic N) is 2. The van der Waals surface area contributed by atoms with Crippen molar-refractivity contribution in [3.05, 3.63) is 88.3 Å². The lowest BCUT2D eigenvalue weighted by Gasteiger charge is -2.42. The third kappa shape index (κ3) is 4.61. The normalized spacial score (nSPS) is 19.6. The summed E-state index contributed by atoms with van der Waals surface area (Å²) >= 11 is 0. The minimum atomic E-state index is -3.71. The highest BCUT2D eigenvalue weighted by molar-refractivity contribution is 7.89. The molecule has 5 rings (SSSR count). The molecule has 0 spiro atoms. The van der Waals surface area contributed by atoms with Crippen molar-refractivity contribution in [3.8, 4) is 5.75 Å². The Kier molecular flexibility index (Phi) is 6.21. The van der Waals surface area contributed by atoms with E-state index in [9.17, 15) is 18.0 Å². The van der Waals surface area contributed by atoms with Crippen molar-refractivity contribution in [1.29, 1.82) is 0 Å². The second-order valence-corrected chi connectivity index (χ2v) is 10.9. The SMILES string of the molecule is CCOc1ccc(C(=O)Nc2ccc(S(=O)(=O)N3C[C@@H]4C[C@H](C3)c3cccc(=O)n3C4)cc2)cc1. The molecule has 8 nitrogen and oxygen atoms in total. The van der Waals surface area contributed by atoms with Crippen LogP contribution in [0.1, 0.15) is 35.3 Å². The van der Waals surface area contributed by atoms with Gasteiger partial charge in [0, 0.05) is 48.6 Å². The lowest BCUT2D eigenvalue weighted by Crippen LogP contribution is -2.48. The minimum Gasteiger partial charge on any atom is -0.494 e. The number of ether oxygens (including phenoxy) is 1. The molecule has 1 fully saturated rings. The van der Waals surface area contributed by atoms with Crippen molar-refractivity contribution in [2.75, 3.05) is 25.0 Å². The smallest absolute Gasteiger partial charge is 0.255 e. The van der Waals surface area contributed by atoms with Gasteiger partial charge in [-0.2, -0.15) is 4.31 Å². The summed E-state index contributed by atoms with van der Waals surface area (Å²) in [5.74, 6) is 0.500. The number of aromatic nitrogens is 1. The predicted octanol–water partition coefficient (Wildman–Crippen LogP) is 3.31. The number of fused-ring (bicyclic) bond motifs is 4. The first kappa shape index (κ1) is 23.3. The first-order chi connectivity index (χ1) is 16.8. The Hall–Kier alpha value is -3.43. The molecule has 1 amide bonds. The number of benzene rings is 2. The maximum atomic E-state index is 13.4. The van der Waals surface area contributed by atoms with E-state index >= 15 is 0 Å². The molecule has 3 aromatic rings. The Bertz CT molecular complexity index is 1400. The van der Waals surface area contributed by atoms with Gasteiger partial charge < -0.3 is 14.6 Å².